The van der Waals surface area contributed by atoms with Gasteiger partial charge in [-0.3, -0.25) is 5.32 Å². The molecule has 2 aliphatic carbocycles. The quantitative estimate of drug-likeness (QED) is 0.705. The van der Waals surface area contributed by atoms with Gasteiger partial charge in [0.1, 0.15) is 5.54 Å². The predicted octanol–water partition coefficient (Wildman–Crippen LogP) is 2.99. The van der Waals surface area contributed by atoms with Crippen molar-refractivity contribution in [3.8, 4) is 6.07 Å². The maximum atomic E-state index is 9.24. The Hall–Kier alpha value is -0.550. The van der Waals surface area contributed by atoms with E-state index in [1.165, 1.54) is 38.5 Å². The summed E-state index contributed by atoms with van der Waals surface area (Å²) >= 11 is 0. The van der Waals surface area contributed by atoms with Crippen LogP contribution in [0.5, 0.6) is 0 Å². The lowest BCUT2D eigenvalue weighted by atomic mass is 9.69. The summed E-state index contributed by atoms with van der Waals surface area (Å²) in [7, 11) is 0. The van der Waals surface area contributed by atoms with E-state index in [0.717, 1.165) is 18.8 Å². The SMILES string of the molecule is CC1CC(C#N)(NC2CCCCCC2)C1. The smallest absolute Gasteiger partial charge is 0.107 e. The number of nitrogens with zero attached hydrogens (tertiary/aromatic N) is 1. The van der Waals surface area contributed by atoms with E-state index in [0.29, 0.717) is 6.04 Å². The molecule has 0 aromatic rings. The average Bonchev–Trinajstić information content (AvgIpc) is 2.43. The minimum atomic E-state index is -0.158. The van der Waals surface area contributed by atoms with Gasteiger partial charge in [-0.25, -0.2) is 0 Å². The van der Waals surface area contributed by atoms with Gasteiger partial charge in [0.2, 0.25) is 0 Å². The zero-order chi connectivity index (χ0) is 10.7. The third-order valence-corrected chi connectivity index (χ3v) is 3.94. The molecule has 2 nitrogen and oxygen atoms in total. The van der Waals surface area contributed by atoms with Gasteiger partial charge in [0, 0.05) is 6.04 Å². The second-order valence-electron chi connectivity index (χ2n) is 5.54. The average molecular weight is 206 g/mol. The Morgan fingerprint density at radius 2 is 1.73 bits per heavy atom. The Balaban J connectivity index is 1.87. The number of hydrogen-bond donors (Lipinski definition) is 1. The molecule has 0 unspecified atom stereocenters. The highest BCUT2D eigenvalue weighted by atomic mass is 15.0. The molecule has 1 N–H and O–H groups in total. The lowest BCUT2D eigenvalue weighted by Crippen LogP contribution is -2.57. The van der Waals surface area contributed by atoms with Gasteiger partial charge in [-0.2, -0.15) is 5.26 Å². The Kier molecular flexibility index (Phi) is 3.31. The Morgan fingerprint density at radius 1 is 1.13 bits per heavy atom. The molecular weight excluding hydrogens is 184 g/mol. The number of hydrogen-bond acceptors (Lipinski definition) is 2. The first-order valence-corrected chi connectivity index (χ1v) is 6.43. The summed E-state index contributed by atoms with van der Waals surface area (Å²) in [5, 5.41) is 12.9. The highest BCUT2D eigenvalue weighted by molar-refractivity contribution is 5.15. The summed E-state index contributed by atoms with van der Waals surface area (Å²) in [5.74, 6) is 0.739. The van der Waals surface area contributed by atoms with E-state index in [9.17, 15) is 5.26 Å². The zero-order valence-corrected chi connectivity index (χ0v) is 9.76. The largest absolute Gasteiger partial charge is 0.297 e. The van der Waals surface area contributed by atoms with Crippen LogP contribution in [-0.4, -0.2) is 11.6 Å². The molecule has 0 aromatic heterocycles. The van der Waals surface area contributed by atoms with Gasteiger partial charge in [-0.1, -0.05) is 32.6 Å². The van der Waals surface area contributed by atoms with Gasteiger partial charge >= 0.3 is 0 Å². The van der Waals surface area contributed by atoms with Gasteiger partial charge in [0.05, 0.1) is 6.07 Å². The van der Waals surface area contributed by atoms with Crippen molar-refractivity contribution in [1.82, 2.24) is 5.32 Å². The summed E-state index contributed by atoms with van der Waals surface area (Å²) in [4.78, 5) is 0. The van der Waals surface area contributed by atoms with Crippen LogP contribution in [0.2, 0.25) is 0 Å². The Labute approximate surface area is 93.0 Å². The van der Waals surface area contributed by atoms with Crippen molar-refractivity contribution < 1.29 is 0 Å². The van der Waals surface area contributed by atoms with Crippen molar-refractivity contribution >= 4 is 0 Å². The molecule has 0 radical (unpaired) electrons. The topological polar surface area (TPSA) is 35.8 Å². The first-order chi connectivity index (χ1) is 7.24. The molecule has 2 fully saturated rings. The lowest BCUT2D eigenvalue weighted by Gasteiger charge is -2.44. The van der Waals surface area contributed by atoms with E-state index in [4.69, 9.17) is 0 Å². The molecule has 2 rings (SSSR count). The van der Waals surface area contributed by atoms with E-state index in [1.807, 2.05) is 0 Å². The van der Waals surface area contributed by atoms with Crippen LogP contribution in [0.4, 0.5) is 0 Å². The van der Waals surface area contributed by atoms with Gasteiger partial charge in [0.15, 0.2) is 0 Å². The first-order valence-electron chi connectivity index (χ1n) is 6.43. The van der Waals surface area contributed by atoms with Crippen LogP contribution in [0.3, 0.4) is 0 Å². The molecule has 0 atom stereocenters. The van der Waals surface area contributed by atoms with E-state index in [-0.39, 0.29) is 5.54 Å². The fourth-order valence-corrected chi connectivity index (χ4v) is 3.19. The van der Waals surface area contributed by atoms with Crippen molar-refractivity contribution in [3.63, 3.8) is 0 Å². The molecule has 84 valence electrons. The molecule has 0 heterocycles. The van der Waals surface area contributed by atoms with E-state index < -0.39 is 0 Å². The minimum Gasteiger partial charge on any atom is -0.297 e. The molecule has 15 heavy (non-hydrogen) atoms. The Bertz CT molecular complexity index is 240. The van der Waals surface area contributed by atoms with Crippen LogP contribution < -0.4 is 5.32 Å². The monoisotopic (exact) mass is 206 g/mol. The number of rotatable bonds is 2. The fraction of sp³-hybridized carbons (Fsp3) is 0.923. The van der Waals surface area contributed by atoms with Crippen LogP contribution >= 0.6 is 0 Å². The summed E-state index contributed by atoms with van der Waals surface area (Å²) in [6.07, 6.45) is 10.1. The van der Waals surface area contributed by atoms with Crippen molar-refractivity contribution in [2.75, 3.05) is 0 Å². The summed E-state index contributed by atoms with van der Waals surface area (Å²) in [5.41, 5.74) is -0.158. The highest BCUT2D eigenvalue weighted by Crippen LogP contribution is 2.38. The Morgan fingerprint density at radius 3 is 2.20 bits per heavy atom. The molecule has 0 saturated heterocycles. The van der Waals surface area contributed by atoms with Gasteiger partial charge < -0.3 is 0 Å². The van der Waals surface area contributed by atoms with Crippen LogP contribution in [0.1, 0.15) is 58.3 Å². The third kappa shape index (κ3) is 2.52. The standard InChI is InChI=1S/C13H22N2/c1-11-8-13(9-11,10-14)15-12-6-4-2-3-5-7-12/h11-12,15H,2-9H2,1H3. The predicted molar refractivity (Wildman–Crippen MR) is 61.4 cm³/mol. The van der Waals surface area contributed by atoms with Crippen molar-refractivity contribution in [2.45, 2.75) is 69.9 Å². The van der Waals surface area contributed by atoms with Crippen molar-refractivity contribution in [2.24, 2.45) is 5.92 Å². The summed E-state index contributed by atoms with van der Waals surface area (Å²) in [6.45, 7) is 2.24. The summed E-state index contributed by atoms with van der Waals surface area (Å²) in [6, 6.07) is 3.11. The van der Waals surface area contributed by atoms with Crippen LogP contribution in [0.25, 0.3) is 0 Å². The molecule has 2 heteroatoms. The minimum absolute atomic E-state index is 0.158. The van der Waals surface area contributed by atoms with E-state index in [1.54, 1.807) is 0 Å². The maximum absolute atomic E-state index is 9.24. The van der Waals surface area contributed by atoms with Gasteiger partial charge in [0.25, 0.3) is 0 Å². The van der Waals surface area contributed by atoms with Crippen molar-refractivity contribution in [3.05, 3.63) is 0 Å². The number of nitriles is 1. The highest BCUT2D eigenvalue weighted by Gasteiger charge is 2.43. The van der Waals surface area contributed by atoms with Crippen molar-refractivity contribution in [1.29, 1.82) is 5.26 Å². The second kappa shape index (κ2) is 4.53. The summed E-state index contributed by atoms with van der Waals surface area (Å²) < 4.78 is 0. The first kappa shape index (κ1) is 11.0. The number of nitrogens with one attached hydrogen (secondary N) is 1. The third-order valence-electron chi connectivity index (χ3n) is 3.94. The van der Waals surface area contributed by atoms with Crippen LogP contribution in [-0.2, 0) is 0 Å². The fourth-order valence-electron chi connectivity index (χ4n) is 3.19. The molecule has 0 aliphatic heterocycles. The zero-order valence-electron chi connectivity index (χ0n) is 9.76. The molecule has 2 aliphatic rings. The normalized spacial score (nSPS) is 37.7. The molecule has 0 aromatic carbocycles. The molecule has 0 amide bonds. The molecule has 0 bridgehead atoms. The molecular formula is C13H22N2. The lowest BCUT2D eigenvalue weighted by molar-refractivity contribution is 0.151. The molecule has 0 spiro atoms. The second-order valence-corrected chi connectivity index (χ2v) is 5.54. The van der Waals surface area contributed by atoms with Gasteiger partial charge in [-0.15, -0.1) is 0 Å². The van der Waals surface area contributed by atoms with Gasteiger partial charge in [-0.05, 0) is 31.6 Å². The maximum Gasteiger partial charge on any atom is 0.107 e. The van der Waals surface area contributed by atoms with E-state index >= 15 is 0 Å². The molecule has 2 saturated carbocycles. The van der Waals surface area contributed by atoms with Crippen LogP contribution in [0, 0.1) is 17.2 Å². The van der Waals surface area contributed by atoms with E-state index in [2.05, 4.69) is 18.3 Å². The van der Waals surface area contributed by atoms with Crippen LogP contribution in [0.15, 0.2) is 0 Å².